The number of hydrogen-bond acceptors (Lipinski definition) is 5. The molecule has 3 heterocycles. The second kappa shape index (κ2) is 11.9. The molecule has 0 aromatic rings. The summed E-state index contributed by atoms with van der Waals surface area (Å²) in [6.07, 6.45) is 3.16. The van der Waals surface area contributed by atoms with Crippen molar-refractivity contribution in [2.24, 2.45) is 41.4 Å². The van der Waals surface area contributed by atoms with Crippen molar-refractivity contribution >= 4 is 0 Å². The Labute approximate surface area is 210 Å². The van der Waals surface area contributed by atoms with Crippen LogP contribution in [0.4, 0.5) is 0 Å². The average molecular weight is 483 g/mol. The number of ether oxygens (including phenoxy) is 5. The maximum atomic E-state index is 6.79. The average Bonchev–Trinajstić information content (AvgIpc) is 2.83. The van der Waals surface area contributed by atoms with Gasteiger partial charge < -0.3 is 23.7 Å². The van der Waals surface area contributed by atoms with Gasteiger partial charge in [0.1, 0.15) is 0 Å². The smallest absolute Gasteiger partial charge is 0.161 e. The monoisotopic (exact) mass is 482 g/mol. The molecule has 3 aliphatic heterocycles. The molecule has 3 aliphatic rings. The number of rotatable bonds is 7. The number of hydrogen-bond donors (Lipinski definition) is 0. The molecule has 3 fully saturated rings. The Hall–Kier alpha value is -0.200. The summed E-state index contributed by atoms with van der Waals surface area (Å²) in [4.78, 5) is 0. The van der Waals surface area contributed by atoms with Crippen molar-refractivity contribution in [1.29, 1.82) is 0 Å². The van der Waals surface area contributed by atoms with Crippen LogP contribution in [0.2, 0.25) is 0 Å². The summed E-state index contributed by atoms with van der Waals surface area (Å²) >= 11 is 0. The highest BCUT2D eigenvalue weighted by atomic mass is 16.7. The van der Waals surface area contributed by atoms with Gasteiger partial charge in [0.2, 0.25) is 0 Å². The summed E-state index contributed by atoms with van der Waals surface area (Å²) in [5.74, 6) is 2.91. The van der Waals surface area contributed by atoms with Gasteiger partial charge in [0, 0.05) is 11.8 Å². The molecule has 6 unspecified atom stereocenters. The highest BCUT2D eigenvalue weighted by molar-refractivity contribution is 4.92. The highest BCUT2D eigenvalue weighted by Gasteiger charge is 2.48. The van der Waals surface area contributed by atoms with Gasteiger partial charge >= 0.3 is 0 Å². The molecule has 0 saturated carbocycles. The Morgan fingerprint density at radius 3 is 1.35 bits per heavy atom. The van der Waals surface area contributed by atoms with Crippen LogP contribution in [0.5, 0.6) is 0 Å². The fraction of sp³-hybridized carbons (Fsp3) is 1.00. The van der Waals surface area contributed by atoms with Crippen LogP contribution in [0.3, 0.4) is 0 Å². The standard InChI is InChI=1S/C29H54O5/c1-12-23-17(6)15(4)20(9)28(31-23)34-27-19(8)21(10)29(32-25(27)14-3)33-26-18(7)16(5)22(11)30-24(26)13-2/h15-29H,12-14H2,1-11H3/t15-,16?,17+,18+,19+,20?,21?,22-,23?,24?,25?,26-,27+,28+,29-/m0/s1. The first-order valence-corrected chi connectivity index (χ1v) is 14.3. The summed E-state index contributed by atoms with van der Waals surface area (Å²) < 4.78 is 33.1. The molecular weight excluding hydrogens is 428 g/mol. The lowest BCUT2D eigenvalue weighted by molar-refractivity contribution is -0.339. The van der Waals surface area contributed by atoms with E-state index in [0.717, 1.165) is 19.3 Å². The van der Waals surface area contributed by atoms with Crippen molar-refractivity contribution in [2.45, 2.75) is 145 Å². The second-order valence-corrected chi connectivity index (χ2v) is 11.9. The lowest BCUT2D eigenvalue weighted by atomic mass is 9.78. The van der Waals surface area contributed by atoms with E-state index in [-0.39, 0.29) is 55.1 Å². The molecule has 5 nitrogen and oxygen atoms in total. The third-order valence-corrected chi connectivity index (χ3v) is 10.1. The molecule has 3 saturated heterocycles. The minimum Gasteiger partial charge on any atom is -0.372 e. The molecule has 0 spiro atoms. The lowest BCUT2D eigenvalue weighted by Gasteiger charge is -2.51. The first-order chi connectivity index (χ1) is 16.0. The Kier molecular flexibility index (Phi) is 9.93. The van der Waals surface area contributed by atoms with Gasteiger partial charge in [0.05, 0.1) is 36.6 Å². The van der Waals surface area contributed by atoms with Crippen LogP contribution >= 0.6 is 0 Å². The van der Waals surface area contributed by atoms with Gasteiger partial charge in [0.15, 0.2) is 12.6 Å². The predicted octanol–water partition coefficient (Wildman–Crippen LogP) is 6.68. The topological polar surface area (TPSA) is 46.2 Å². The van der Waals surface area contributed by atoms with Crippen LogP contribution in [0, 0.1) is 41.4 Å². The molecule has 3 rings (SSSR count). The Morgan fingerprint density at radius 1 is 0.441 bits per heavy atom. The van der Waals surface area contributed by atoms with Crippen molar-refractivity contribution in [3.8, 4) is 0 Å². The first kappa shape index (κ1) is 28.4. The van der Waals surface area contributed by atoms with Crippen LogP contribution in [0.15, 0.2) is 0 Å². The largest absolute Gasteiger partial charge is 0.372 e. The molecule has 0 amide bonds. The molecule has 0 aliphatic carbocycles. The molecular formula is C29H54O5. The zero-order valence-electron chi connectivity index (χ0n) is 23.8. The minimum absolute atomic E-state index is 0.00188. The summed E-state index contributed by atoms with van der Waals surface area (Å²) in [6.45, 7) is 24.9. The van der Waals surface area contributed by atoms with Crippen molar-refractivity contribution < 1.29 is 23.7 Å². The normalized spacial score (nSPS) is 52.5. The van der Waals surface area contributed by atoms with E-state index in [9.17, 15) is 0 Å². The molecule has 15 atom stereocenters. The Balaban J connectivity index is 1.72. The van der Waals surface area contributed by atoms with Gasteiger partial charge in [-0.05, 0) is 55.8 Å². The van der Waals surface area contributed by atoms with E-state index >= 15 is 0 Å². The molecule has 5 heteroatoms. The van der Waals surface area contributed by atoms with Gasteiger partial charge in [-0.25, -0.2) is 0 Å². The minimum atomic E-state index is -0.238. The molecule has 0 bridgehead atoms. The maximum absolute atomic E-state index is 6.79. The van der Waals surface area contributed by atoms with Crippen molar-refractivity contribution in [3.63, 3.8) is 0 Å². The molecule has 0 N–H and O–H groups in total. The second-order valence-electron chi connectivity index (χ2n) is 11.9. The highest BCUT2D eigenvalue weighted by Crippen LogP contribution is 2.42. The third-order valence-electron chi connectivity index (χ3n) is 10.1. The van der Waals surface area contributed by atoms with E-state index in [4.69, 9.17) is 23.7 Å². The fourth-order valence-corrected chi connectivity index (χ4v) is 6.46. The molecule has 0 aromatic heterocycles. The van der Waals surface area contributed by atoms with Crippen LogP contribution in [0.1, 0.15) is 95.4 Å². The van der Waals surface area contributed by atoms with Crippen molar-refractivity contribution in [2.75, 3.05) is 0 Å². The summed E-state index contributed by atoms with van der Waals surface area (Å²) in [5.41, 5.74) is 0. The SMILES string of the molecule is CCC1O[C@@H](C)C(C)[C@@H](C)[C@@H]1O[C@@H]1OC(CC)[C@H](O[C@H]2OC(CC)[C@H](C)[C@H](C)C2C)[C@H](C)C1C. The van der Waals surface area contributed by atoms with E-state index in [1.807, 2.05) is 0 Å². The van der Waals surface area contributed by atoms with E-state index in [0.29, 0.717) is 35.5 Å². The summed E-state index contributed by atoms with van der Waals surface area (Å²) in [6, 6.07) is 0. The van der Waals surface area contributed by atoms with Gasteiger partial charge in [-0.1, -0.05) is 69.2 Å². The van der Waals surface area contributed by atoms with Crippen molar-refractivity contribution in [1.82, 2.24) is 0 Å². The van der Waals surface area contributed by atoms with E-state index in [2.05, 4.69) is 76.2 Å². The summed E-state index contributed by atoms with van der Waals surface area (Å²) in [7, 11) is 0. The quantitative estimate of drug-likeness (QED) is 0.405. The predicted molar refractivity (Wildman–Crippen MR) is 136 cm³/mol. The fourth-order valence-electron chi connectivity index (χ4n) is 6.46. The zero-order chi connectivity index (χ0) is 25.3. The van der Waals surface area contributed by atoms with Crippen molar-refractivity contribution in [3.05, 3.63) is 0 Å². The first-order valence-electron chi connectivity index (χ1n) is 14.3. The summed E-state index contributed by atoms with van der Waals surface area (Å²) in [5, 5.41) is 0. The van der Waals surface area contributed by atoms with Gasteiger partial charge in [-0.2, -0.15) is 0 Å². The molecule has 34 heavy (non-hydrogen) atoms. The van der Waals surface area contributed by atoms with Gasteiger partial charge in [-0.3, -0.25) is 0 Å². The molecule has 0 radical (unpaired) electrons. The zero-order valence-corrected chi connectivity index (χ0v) is 23.8. The molecule has 0 aromatic carbocycles. The van der Waals surface area contributed by atoms with Crippen LogP contribution in [-0.2, 0) is 23.7 Å². The molecule has 200 valence electrons. The Morgan fingerprint density at radius 2 is 0.853 bits per heavy atom. The van der Waals surface area contributed by atoms with E-state index in [1.54, 1.807) is 0 Å². The van der Waals surface area contributed by atoms with Gasteiger partial charge in [0.25, 0.3) is 0 Å². The third kappa shape index (κ3) is 5.54. The Bertz CT molecular complexity index is 622. The van der Waals surface area contributed by atoms with Gasteiger partial charge in [-0.15, -0.1) is 0 Å². The van der Waals surface area contributed by atoms with Crippen LogP contribution in [0.25, 0.3) is 0 Å². The lowest BCUT2D eigenvalue weighted by Crippen LogP contribution is -2.57. The van der Waals surface area contributed by atoms with E-state index < -0.39 is 0 Å². The van der Waals surface area contributed by atoms with E-state index in [1.165, 1.54) is 0 Å². The van der Waals surface area contributed by atoms with Crippen LogP contribution in [-0.4, -0.2) is 49.2 Å². The maximum Gasteiger partial charge on any atom is 0.161 e. The van der Waals surface area contributed by atoms with Crippen LogP contribution < -0.4 is 0 Å².